The number of benzene rings is 1. The number of hydrogen-bond donors (Lipinski definition) is 4. The average molecular weight is 492 g/mol. The van der Waals surface area contributed by atoms with Gasteiger partial charge in [0.15, 0.2) is 11.9 Å². The van der Waals surface area contributed by atoms with Crippen molar-refractivity contribution in [3.8, 4) is 0 Å². The number of amides is 2. The number of nitrogens with zero attached hydrogens (tertiary/aromatic N) is 3. The number of carbonyl (C=O) groups is 3. The number of carbonyl (C=O) groups excluding carboxylic acids is 2. The van der Waals surface area contributed by atoms with Gasteiger partial charge in [-0.15, -0.1) is 16.9 Å². The van der Waals surface area contributed by atoms with E-state index in [4.69, 9.17) is 4.74 Å². The number of fused-ring (bicyclic) bond motifs is 1. The van der Waals surface area contributed by atoms with E-state index in [-0.39, 0.29) is 12.3 Å². The van der Waals surface area contributed by atoms with Gasteiger partial charge in [-0.1, -0.05) is 42.1 Å². The number of thioether (sulfide) groups is 2. The second-order valence-electron chi connectivity index (χ2n) is 7.25. The molecule has 1 aromatic heterocycles. The molecule has 2 unspecified atom stereocenters. The van der Waals surface area contributed by atoms with E-state index >= 15 is 0 Å². The van der Waals surface area contributed by atoms with Crippen molar-refractivity contribution >= 4 is 41.3 Å². The quantitative estimate of drug-likeness (QED) is 0.288. The summed E-state index contributed by atoms with van der Waals surface area (Å²) in [5, 5.41) is 29.3. The molecule has 2 aliphatic heterocycles. The van der Waals surface area contributed by atoms with Gasteiger partial charge in [-0.25, -0.2) is 9.78 Å². The van der Waals surface area contributed by atoms with Gasteiger partial charge >= 0.3 is 5.97 Å². The lowest BCUT2D eigenvalue weighted by Crippen LogP contribution is -2.70. The Bertz CT molecular complexity index is 1090. The molecular weight excluding hydrogens is 470 g/mol. The van der Waals surface area contributed by atoms with Crippen molar-refractivity contribution in [1.29, 1.82) is 0 Å². The zero-order valence-electron chi connectivity index (χ0n) is 17.4. The van der Waals surface area contributed by atoms with Crippen molar-refractivity contribution in [2.75, 3.05) is 18.6 Å². The topological polar surface area (TPSA) is 158 Å². The summed E-state index contributed by atoms with van der Waals surface area (Å²) in [6.07, 6.45) is -1.42. The number of hydrogen-bond acceptors (Lipinski definition) is 9. The summed E-state index contributed by atoms with van der Waals surface area (Å²) in [6, 6.07) is 7.45. The molecule has 0 bridgehead atoms. The minimum atomic E-state index is -1.42. The second kappa shape index (κ2) is 9.95. The van der Waals surface area contributed by atoms with Crippen LogP contribution in [0, 0.1) is 0 Å². The molecule has 3 atom stereocenters. The maximum Gasteiger partial charge on any atom is 0.352 e. The molecule has 2 aliphatic rings. The van der Waals surface area contributed by atoms with Gasteiger partial charge in [0, 0.05) is 18.6 Å². The first-order chi connectivity index (χ1) is 15.9. The van der Waals surface area contributed by atoms with Crippen LogP contribution in [0.5, 0.6) is 0 Å². The van der Waals surface area contributed by atoms with Crippen LogP contribution in [0.15, 0.2) is 46.8 Å². The summed E-state index contributed by atoms with van der Waals surface area (Å²) in [4.78, 5) is 42.6. The van der Waals surface area contributed by atoms with Crippen LogP contribution in [0.2, 0.25) is 0 Å². The van der Waals surface area contributed by atoms with E-state index in [1.54, 1.807) is 30.3 Å². The summed E-state index contributed by atoms with van der Waals surface area (Å²) in [5.41, 5.74) is 0.883. The van der Waals surface area contributed by atoms with Crippen molar-refractivity contribution in [1.82, 2.24) is 25.4 Å². The molecule has 13 heteroatoms. The third-order valence-electron chi connectivity index (χ3n) is 5.08. The van der Waals surface area contributed by atoms with Crippen molar-refractivity contribution in [2.24, 2.45) is 0 Å². The SMILES string of the molecule is COCc1nc(SCC2=C(C(=O)O)N3C(=O)C(NC(=O)C(O)c4ccccc4)[C@@H]3SC2)n[nH]1. The molecule has 0 aliphatic carbocycles. The van der Waals surface area contributed by atoms with Gasteiger partial charge in [0.1, 0.15) is 23.7 Å². The lowest BCUT2D eigenvalue weighted by molar-refractivity contribution is -0.151. The number of β-lactam (4-membered cyclic amide) rings is 1. The van der Waals surface area contributed by atoms with Crippen LogP contribution < -0.4 is 5.32 Å². The van der Waals surface area contributed by atoms with Gasteiger partial charge < -0.3 is 20.3 Å². The van der Waals surface area contributed by atoms with Crippen LogP contribution in [0.25, 0.3) is 0 Å². The number of methoxy groups -OCH3 is 1. The monoisotopic (exact) mass is 491 g/mol. The third-order valence-corrected chi connectivity index (χ3v) is 7.35. The Balaban J connectivity index is 1.43. The predicted molar refractivity (Wildman–Crippen MR) is 119 cm³/mol. The summed E-state index contributed by atoms with van der Waals surface area (Å²) in [5.74, 6) is -1.24. The van der Waals surface area contributed by atoms with E-state index in [2.05, 4.69) is 20.5 Å². The summed E-state index contributed by atoms with van der Waals surface area (Å²) < 4.78 is 4.98. The molecule has 4 N–H and O–H groups in total. The highest BCUT2D eigenvalue weighted by atomic mass is 32.2. The summed E-state index contributed by atoms with van der Waals surface area (Å²) >= 11 is 2.61. The van der Waals surface area contributed by atoms with Gasteiger partial charge in [-0.2, -0.15) is 0 Å². The third kappa shape index (κ3) is 4.76. The van der Waals surface area contributed by atoms with E-state index in [9.17, 15) is 24.6 Å². The highest BCUT2D eigenvalue weighted by Crippen LogP contribution is 2.41. The molecular formula is C20H21N5O6S2. The zero-order valence-corrected chi connectivity index (χ0v) is 19.1. The van der Waals surface area contributed by atoms with Crippen molar-refractivity contribution < 1.29 is 29.3 Å². The maximum absolute atomic E-state index is 12.8. The first-order valence-corrected chi connectivity index (χ1v) is 11.9. The van der Waals surface area contributed by atoms with Gasteiger partial charge in [0.25, 0.3) is 11.8 Å². The number of carboxylic acids is 1. The highest BCUT2D eigenvalue weighted by Gasteiger charge is 2.54. The van der Waals surface area contributed by atoms with Crippen molar-refractivity contribution in [3.05, 3.63) is 53.0 Å². The normalized spacial score (nSPS) is 20.8. The lowest BCUT2D eigenvalue weighted by atomic mass is 10.0. The van der Waals surface area contributed by atoms with E-state index in [1.807, 2.05) is 0 Å². The van der Waals surface area contributed by atoms with Crippen LogP contribution in [-0.2, 0) is 25.7 Å². The molecule has 1 fully saturated rings. The van der Waals surface area contributed by atoms with E-state index in [1.165, 1.54) is 35.5 Å². The number of carboxylic acid groups (broad SMARTS) is 1. The molecule has 2 aromatic rings. The Labute approximate surface area is 197 Å². The molecule has 33 heavy (non-hydrogen) atoms. The van der Waals surface area contributed by atoms with E-state index in [0.29, 0.717) is 33.6 Å². The van der Waals surface area contributed by atoms with Crippen molar-refractivity contribution in [2.45, 2.75) is 29.3 Å². The summed E-state index contributed by atoms with van der Waals surface area (Å²) in [7, 11) is 1.54. The van der Waals surface area contributed by atoms with E-state index < -0.39 is 35.3 Å². The zero-order chi connectivity index (χ0) is 23.5. The number of aromatic nitrogens is 3. The fourth-order valence-corrected chi connectivity index (χ4v) is 5.81. The first-order valence-electron chi connectivity index (χ1n) is 9.87. The van der Waals surface area contributed by atoms with Crippen LogP contribution in [0.4, 0.5) is 0 Å². The van der Waals surface area contributed by atoms with Crippen molar-refractivity contribution in [3.63, 3.8) is 0 Å². The Morgan fingerprint density at radius 1 is 1.39 bits per heavy atom. The molecule has 1 aromatic carbocycles. The molecule has 11 nitrogen and oxygen atoms in total. The van der Waals surface area contributed by atoms with Gasteiger partial charge in [-0.3, -0.25) is 19.6 Å². The van der Waals surface area contributed by atoms with Crippen LogP contribution >= 0.6 is 23.5 Å². The Morgan fingerprint density at radius 3 is 2.85 bits per heavy atom. The van der Waals surface area contributed by atoms with Crippen LogP contribution in [0.1, 0.15) is 17.5 Å². The number of aliphatic hydroxyl groups is 1. The van der Waals surface area contributed by atoms with Crippen LogP contribution in [0.3, 0.4) is 0 Å². The average Bonchev–Trinajstić information content (AvgIpc) is 3.27. The molecule has 4 rings (SSSR count). The molecule has 0 radical (unpaired) electrons. The number of aliphatic hydroxyl groups excluding tert-OH is 1. The minimum Gasteiger partial charge on any atom is -0.477 e. The molecule has 1 saturated heterocycles. The van der Waals surface area contributed by atoms with Crippen LogP contribution in [-0.4, -0.2) is 78.1 Å². The lowest BCUT2D eigenvalue weighted by Gasteiger charge is -2.49. The van der Waals surface area contributed by atoms with Gasteiger partial charge in [-0.05, 0) is 11.1 Å². The van der Waals surface area contributed by atoms with Gasteiger partial charge in [0.05, 0.1) is 0 Å². The van der Waals surface area contributed by atoms with E-state index in [0.717, 1.165) is 0 Å². The highest BCUT2D eigenvalue weighted by molar-refractivity contribution is 8.01. The predicted octanol–water partition coefficient (Wildman–Crippen LogP) is 0.515. The fraction of sp³-hybridized carbons (Fsp3) is 0.350. The Kier molecular flexibility index (Phi) is 7.02. The molecule has 3 heterocycles. The number of aromatic amines is 1. The maximum atomic E-state index is 12.8. The number of H-pyrrole nitrogens is 1. The minimum absolute atomic E-state index is 0.0852. The number of rotatable bonds is 9. The Morgan fingerprint density at radius 2 is 2.15 bits per heavy atom. The van der Waals surface area contributed by atoms with Gasteiger partial charge in [0.2, 0.25) is 5.16 Å². The standard InChI is InChI=1S/C20H21N5O6S2/c1-31-7-12-21-20(24-23-12)33-9-11-8-32-18-13(17(28)25(18)14(11)19(29)30)22-16(27)15(26)10-5-3-2-4-6-10/h2-6,13,15,18,26H,7-9H2,1H3,(H,22,27)(H,29,30)(H,21,23,24)/t13?,15?,18-/m0/s1. The Hall–Kier alpha value is -2.87. The fourth-order valence-electron chi connectivity index (χ4n) is 3.51. The largest absolute Gasteiger partial charge is 0.477 e. The number of nitrogens with one attached hydrogen (secondary N) is 2. The number of ether oxygens (including phenoxy) is 1. The number of aliphatic carboxylic acids is 1. The molecule has 0 spiro atoms. The second-order valence-corrected chi connectivity index (χ2v) is 9.30. The first kappa shape index (κ1) is 23.3. The molecule has 174 valence electrons. The smallest absolute Gasteiger partial charge is 0.352 e. The summed E-state index contributed by atoms with van der Waals surface area (Å²) in [6.45, 7) is 0.280. The molecule has 2 amide bonds. The molecule has 0 saturated carbocycles.